The number of anilines is 1. The molecular formula is C15H25N3S. The highest BCUT2D eigenvalue weighted by Gasteiger charge is 2.24. The summed E-state index contributed by atoms with van der Waals surface area (Å²) in [6, 6.07) is 7.20. The maximum absolute atomic E-state index is 5.98. The topological polar surface area (TPSA) is 32.5 Å². The second kappa shape index (κ2) is 6.64. The number of piperazine rings is 1. The molecule has 1 aliphatic rings. The molecule has 1 fully saturated rings. The minimum absolute atomic E-state index is 0.621. The standard InChI is InChI=1S/C15H25N3S/c1-4-12-11-18(9-8-17(12)2)14-6-5-7-15(19-3)13(14)10-16/h5-7,12H,4,8-11,16H2,1-3H3. The number of likely N-dealkylation sites (N-methyl/N-ethyl adjacent to an activating group) is 1. The lowest BCUT2D eigenvalue weighted by atomic mass is 10.1. The molecule has 1 aliphatic heterocycles. The number of nitrogens with zero attached hydrogens (tertiary/aromatic N) is 2. The van der Waals surface area contributed by atoms with E-state index in [4.69, 9.17) is 5.73 Å². The van der Waals surface area contributed by atoms with Crippen molar-refractivity contribution in [1.82, 2.24) is 4.90 Å². The first-order valence-electron chi connectivity index (χ1n) is 7.02. The summed E-state index contributed by atoms with van der Waals surface area (Å²) in [5.41, 5.74) is 8.61. The molecule has 1 aromatic carbocycles. The van der Waals surface area contributed by atoms with E-state index in [1.54, 1.807) is 11.8 Å². The van der Waals surface area contributed by atoms with Gasteiger partial charge in [0.25, 0.3) is 0 Å². The van der Waals surface area contributed by atoms with Crippen molar-refractivity contribution in [3.8, 4) is 0 Å². The lowest BCUT2D eigenvalue weighted by Crippen LogP contribution is -2.51. The molecule has 0 bridgehead atoms. The number of nitrogens with two attached hydrogens (primary N) is 1. The van der Waals surface area contributed by atoms with Crippen LogP contribution in [0.3, 0.4) is 0 Å². The Morgan fingerprint density at radius 2 is 2.16 bits per heavy atom. The Bertz CT molecular complexity index is 422. The van der Waals surface area contributed by atoms with Crippen LogP contribution in [-0.2, 0) is 6.54 Å². The number of hydrogen-bond acceptors (Lipinski definition) is 4. The normalized spacial score (nSPS) is 20.8. The third-order valence-corrected chi connectivity index (χ3v) is 4.94. The summed E-state index contributed by atoms with van der Waals surface area (Å²) < 4.78 is 0. The molecule has 2 N–H and O–H groups in total. The van der Waals surface area contributed by atoms with Gasteiger partial charge in [0.15, 0.2) is 0 Å². The molecular weight excluding hydrogens is 254 g/mol. The molecule has 0 spiro atoms. The minimum atomic E-state index is 0.621. The van der Waals surface area contributed by atoms with Gasteiger partial charge in [0, 0.05) is 48.4 Å². The zero-order valence-corrected chi connectivity index (χ0v) is 13.0. The fourth-order valence-corrected chi connectivity index (χ4v) is 3.50. The van der Waals surface area contributed by atoms with E-state index < -0.39 is 0 Å². The fraction of sp³-hybridized carbons (Fsp3) is 0.600. The third kappa shape index (κ3) is 3.07. The Hall–Kier alpha value is -0.710. The van der Waals surface area contributed by atoms with Gasteiger partial charge >= 0.3 is 0 Å². The van der Waals surface area contributed by atoms with E-state index in [1.807, 2.05) is 0 Å². The molecule has 4 heteroatoms. The van der Waals surface area contributed by atoms with Gasteiger partial charge in [0.1, 0.15) is 0 Å². The first-order chi connectivity index (χ1) is 9.21. The Labute approximate surface area is 121 Å². The second-order valence-corrected chi connectivity index (χ2v) is 6.00. The van der Waals surface area contributed by atoms with Gasteiger partial charge in [-0.3, -0.25) is 4.90 Å². The highest BCUT2D eigenvalue weighted by Crippen LogP contribution is 2.30. The minimum Gasteiger partial charge on any atom is -0.368 e. The Balaban J connectivity index is 2.26. The van der Waals surface area contributed by atoms with E-state index in [2.05, 4.69) is 48.2 Å². The molecule has 0 amide bonds. The van der Waals surface area contributed by atoms with Gasteiger partial charge in [-0.15, -0.1) is 11.8 Å². The number of benzene rings is 1. The van der Waals surface area contributed by atoms with Gasteiger partial charge in [-0.2, -0.15) is 0 Å². The van der Waals surface area contributed by atoms with Gasteiger partial charge in [-0.25, -0.2) is 0 Å². The van der Waals surface area contributed by atoms with Crippen LogP contribution in [-0.4, -0.2) is 43.9 Å². The number of rotatable bonds is 4. The van der Waals surface area contributed by atoms with Crippen LogP contribution in [0.5, 0.6) is 0 Å². The second-order valence-electron chi connectivity index (χ2n) is 5.15. The molecule has 0 aliphatic carbocycles. The predicted octanol–water partition coefficient (Wildman–Crippen LogP) is 2.40. The van der Waals surface area contributed by atoms with Crippen LogP contribution in [0.2, 0.25) is 0 Å². The SMILES string of the molecule is CCC1CN(c2cccc(SC)c2CN)CCN1C. The van der Waals surface area contributed by atoms with Gasteiger partial charge in [0.2, 0.25) is 0 Å². The van der Waals surface area contributed by atoms with E-state index in [9.17, 15) is 0 Å². The Morgan fingerprint density at radius 1 is 1.37 bits per heavy atom. The van der Waals surface area contributed by atoms with Crippen molar-refractivity contribution < 1.29 is 0 Å². The fourth-order valence-electron chi connectivity index (χ4n) is 2.85. The summed E-state index contributed by atoms with van der Waals surface area (Å²) >= 11 is 1.79. The van der Waals surface area contributed by atoms with Crippen LogP contribution >= 0.6 is 11.8 Å². The molecule has 0 aromatic heterocycles. The average molecular weight is 279 g/mol. The van der Waals surface area contributed by atoms with Crippen molar-refractivity contribution in [2.75, 3.05) is 37.8 Å². The maximum atomic E-state index is 5.98. The molecule has 106 valence electrons. The molecule has 1 heterocycles. The van der Waals surface area contributed by atoms with E-state index >= 15 is 0 Å². The van der Waals surface area contributed by atoms with Crippen LogP contribution in [0.25, 0.3) is 0 Å². The summed E-state index contributed by atoms with van der Waals surface area (Å²) in [5, 5.41) is 0. The summed E-state index contributed by atoms with van der Waals surface area (Å²) in [6.07, 6.45) is 3.32. The van der Waals surface area contributed by atoms with Gasteiger partial charge in [-0.1, -0.05) is 13.0 Å². The van der Waals surface area contributed by atoms with Gasteiger partial charge < -0.3 is 10.6 Å². The van der Waals surface area contributed by atoms with Gasteiger partial charge in [-0.05, 0) is 31.9 Å². The zero-order chi connectivity index (χ0) is 13.8. The summed E-state index contributed by atoms with van der Waals surface area (Å²) in [4.78, 5) is 6.29. The first-order valence-corrected chi connectivity index (χ1v) is 8.24. The van der Waals surface area contributed by atoms with Crippen molar-refractivity contribution in [3.63, 3.8) is 0 Å². The molecule has 3 nitrogen and oxygen atoms in total. The van der Waals surface area contributed by atoms with Crippen LogP contribution in [0.4, 0.5) is 5.69 Å². The van der Waals surface area contributed by atoms with Crippen LogP contribution in [0, 0.1) is 0 Å². The van der Waals surface area contributed by atoms with Crippen LogP contribution < -0.4 is 10.6 Å². The number of hydrogen-bond donors (Lipinski definition) is 1. The molecule has 1 atom stereocenters. The molecule has 1 unspecified atom stereocenters. The molecule has 0 radical (unpaired) electrons. The van der Waals surface area contributed by atoms with E-state index in [0.717, 1.165) is 19.6 Å². The lowest BCUT2D eigenvalue weighted by molar-refractivity contribution is 0.213. The van der Waals surface area contributed by atoms with Crippen molar-refractivity contribution in [1.29, 1.82) is 0 Å². The monoisotopic (exact) mass is 279 g/mol. The van der Waals surface area contributed by atoms with Crippen molar-refractivity contribution in [2.45, 2.75) is 30.8 Å². The smallest absolute Gasteiger partial charge is 0.0424 e. The maximum Gasteiger partial charge on any atom is 0.0424 e. The molecule has 1 aromatic rings. The molecule has 2 rings (SSSR count). The van der Waals surface area contributed by atoms with Crippen LogP contribution in [0.15, 0.2) is 23.1 Å². The highest BCUT2D eigenvalue weighted by atomic mass is 32.2. The Kier molecular flexibility index (Phi) is 5.13. The molecule has 1 saturated heterocycles. The Morgan fingerprint density at radius 3 is 2.79 bits per heavy atom. The lowest BCUT2D eigenvalue weighted by Gasteiger charge is -2.41. The molecule has 0 saturated carbocycles. The van der Waals surface area contributed by atoms with Gasteiger partial charge in [0.05, 0.1) is 0 Å². The van der Waals surface area contributed by atoms with E-state index in [0.29, 0.717) is 12.6 Å². The van der Waals surface area contributed by atoms with Crippen molar-refractivity contribution >= 4 is 17.4 Å². The summed E-state index contributed by atoms with van der Waals surface area (Å²) in [5.74, 6) is 0. The summed E-state index contributed by atoms with van der Waals surface area (Å²) in [6.45, 7) is 6.23. The van der Waals surface area contributed by atoms with E-state index in [-0.39, 0.29) is 0 Å². The molecule has 19 heavy (non-hydrogen) atoms. The first kappa shape index (κ1) is 14.7. The van der Waals surface area contributed by atoms with E-state index in [1.165, 1.54) is 22.6 Å². The zero-order valence-electron chi connectivity index (χ0n) is 12.2. The largest absolute Gasteiger partial charge is 0.368 e. The average Bonchev–Trinajstić information content (AvgIpc) is 2.46. The van der Waals surface area contributed by atoms with Crippen molar-refractivity contribution in [2.24, 2.45) is 5.73 Å². The number of thioether (sulfide) groups is 1. The highest BCUT2D eigenvalue weighted by molar-refractivity contribution is 7.98. The quantitative estimate of drug-likeness (QED) is 0.858. The summed E-state index contributed by atoms with van der Waals surface area (Å²) in [7, 11) is 2.23. The predicted molar refractivity (Wildman–Crippen MR) is 85.0 cm³/mol. The van der Waals surface area contributed by atoms with Crippen LogP contribution in [0.1, 0.15) is 18.9 Å². The van der Waals surface area contributed by atoms with Crippen molar-refractivity contribution in [3.05, 3.63) is 23.8 Å². The third-order valence-electron chi connectivity index (χ3n) is 4.12.